The molecule has 1 aromatic carbocycles. The van der Waals surface area contributed by atoms with Gasteiger partial charge in [0.2, 0.25) is 0 Å². The number of rotatable bonds is 7. The van der Waals surface area contributed by atoms with Crippen LogP contribution in [0.5, 0.6) is 0 Å². The third-order valence-electron chi connectivity index (χ3n) is 2.60. The van der Waals surface area contributed by atoms with E-state index >= 15 is 0 Å². The second-order valence-electron chi connectivity index (χ2n) is 4.12. The Bertz CT molecular complexity index is 353. The highest BCUT2D eigenvalue weighted by Crippen LogP contribution is 2.11. The normalized spacial score (nSPS) is 14.5. The van der Waals surface area contributed by atoms with Crippen molar-refractivity contribution in [2.45, 2.75) is 26.3 Å². The molecule has 0 heterocycles. The summed E-state index contributed by atoms with van der Waals surface area (Å²) in [6.07, 6.45) is 1.01. The van der Waals surface area contributed by atoms with Gasteiger partial charge in [0.25, 0.3) is 0 Å². The van der Waals surface area contributed by atoms with Gasteiger partial charge in [-0.05, 0) is 31.0 Å². The average Bonchev–Trinajstić information content (AvgIpc) is 2.32. The third-order valence-corrected chi connectivity index (χ3v) is 4.43. The Morgan fingerprint density at radius 2 is 2.00 bits per heavy atom. The van der Waals surface area contributed by atoms with Gasteiger partial charge in [0, 0.05) is 39.4 Å². The summed E-state index contributed by atoms with van der Waals surface area (Å²) in [5.41, 5.74) is 1.32. The molecular weight excluding hydrogens is 298 g/mol. The van der Waals surface area contributed by atoms with Gasteiger partial charge in [-0.3, -0.25) is 4.21 Å². The van der Waals surface area contributed by atoms with Crippen molar-refractivity contribution in [3.05, 3.63) is 34.3 Å². The quantitative estimate of drug-likeness (QED) is 0.837. The lowest BCUT2D eigenvalue weighted by atomic mass is 10.1. The first-order valence-electron chi connectivity index (χ1n) is 5.94. The zero-order chi connectivity index (χ0) is 12.7. The van der Waals surface area contributed by atoms with Crippen molar-refractivity contribution in [3.63, 3.8) is 0 Å². The second-order valence-corrected chi connectivity index (χ2v) is 6.90. The molecule has 1 N–H and O–H groups in total. The Hall–Kier alpha value is -0.190. The molecule has 0 bridgehead atoms. The van der Waals surface area contributed by atoms with Gasteiger partial charge in [-0.2, -0.15) is 0 Å². The summed E-state index contributed by atoms with van der Waals surface area (Å²) in [5, 5.41) is 3.41. The number of nitrogens with one attached hydrogen (secondary N) is 1. The molecule has 0 aliphatic heterocycles. The van der Waals surface area contributed by atoms with Crippen LogP contribution in [0.2, 0.25) is 0 Å². The lowest BCUT2D eigenvalue weighted by Gasteiger charge is -2.13. The first-order chi connectivity index (χ1) is 8.11. The molecule has 2 unspecified atom stereocenters. The van der Waals surface area contributed by atoms with Gasteiger partial charge in [-0.25, -0.2) is 0 Å². The van der Waals surface area contributed by atoms with Crippen LogP contribution in [-0.2, 0) is 17.2 Å². The van der Waals surface area contributed by atoms with Crippen molar-refractivity contribution in [2.24, 2.45) is 0 Å². The molecule has 0 aliphatic rings. The third kappa shape index (κ3) is 6.34. The lowest BCUT2D eigenvalue weighted by molar-refractivity contribution is 0.565. The van der Waals surface area contributed by atoms with Gasteiger partial charge in [0.15, 0.2) is 0 Å². The summed E-state index contributed by atoms with van der Waals surface area (Å²) in [6, 6.07) is 8.81. The summed E-state index contributed by atoms with van der Waals surface area (Å²) in [4.78, 5) is 0. The molecule has 2 atom stereocenters. The topological polar surface area (TPSA) is 29.1 Å². The van der Waals surface area contributed by atoms with E-state index in [-0.39, 0.29) is 0 Å². The molecule has 4 heteroatoms. The second kappa shape index (κ2) is 8.01. The maximum absolute atomic E-state index is 11.3. The van der Waals surface area contributed by atoms with Crippen LogP contribution in [0.3, 0.4) is 0 Å². The fourth-order valence-electron chi connectivity index (χ4n) is 1.61. The summed E-state index contributed by atoms with van der Waals surface area (Å²) in [7, 11) is -0.662. The standard InChI is InChI=1S/C13H20BrNOS/c1-3-17(16)9-8-15-11(2)10-12-4-6-13(14)7-5-12/h4-7,11,15H,3,8-10H2,1-2H3. The van der Waals surface area contributed by atoms with Gasteiger partial charge >= 0.3 is 0 Å². The SMILES string of the molecule is CCS(=O)CCNC(C)Cc1ccc(Br)cc1. The van der Waals surface area contributed by atoms with Crippen molar-refractivity contribution in [3.8, 4) is 0 Å². The molecule has 0 amide bonds. The van der Waals surface area contributed by atoms with Gasteiger partial charge < -0.3 is 5.32 Å². The minimum Gasteiger partial charge on any atom is -0.313 e. The first kappa shape index (κ1) is 14.9. The smallest absolute Gasteiger partial charge is 0.0360 e. The monoisotopic (exact) mass is 317 g/mol. The zero-order valence-electron chi connectivity index (χ0n) is 10.4. The van der Waals surface area contributed by atoms with Crippen LogP contribution >= 0.6 is 15.9 Å². The molecule has 0 saturated heterocycles. The number of halogens is 1. The minimum atomic E-state index is -0.662. The predicted octanol–water partition coefficient (Wildman–Crippen LogP) is 2.74. The lowest BCUT2D eigenvalue weighted by Crippen LogP contribution is -2.31. The molecule has 0 radical (unpaired) electrons. The maximum Gasteiger partial charge on any atom is 0.0360 e. The number of hydrogen-bond acceptors (Lipinski definition) is 2. The maximum atomic E-state index is 11.3. The van der Waals surface area contributed by atoms with Crippen LogP contribution in [0, 0.1) is 0 Å². The Balaban J connectivity index is 2.27. The van der Waals surface area contributed by atoms with E-state index in [0.717, 1.165) is 28.9 Å². The van der Waals surface area contributed by atoms with Crippen LogP contribution in [0.1, 0.15) is 19.4 Å². The minimum absolute atomic E-state index is 0.421. The number of hydrogen-bond donors (Lipinski definition) is 1. The van der Waals surface area contributed by atoms with Crippen molar-refractivity contribution >= 4 is 26.7 Å². The van der Waals surface area contributed by atoms with E-state index in [1.807, 2.05) is 6.92 Å². The Kier molecular flexibility index (Phi) is 7.00. The fourth-order valence-corrected chi connectivity index (χ4v) is 2.51. The molecule has 96 valence electrons. The first-order valence-corrected chi connectivity index (χ1v) is 8.22. The number of benzene rings is 1. The van der Waals surface area contributed by atoms with E-state index in [4.69, 9.17) is 0 Å². The largest absolute Gasteiger partial charge is 0.313 e. The molecule has 17 heavy (non-hydrogen) atoms. The van der Waals surface area contributed by atoms with Crippen LogP contribution < -0.4 is 5.32 Å². The molecular formula is C13H20BrNOS. The Labute approximate surface area is 115 Å². The Morgan fingerprint density at radius 1 is 1.35 bits per heavy atom. The summed E-state index contributed by atoms with van der Waals surface area (Å²) >= 11 is 3.43. The van der Waals surface area contributed by atoms with Crippen molar-refractivity contribution in [1.29, 1.82) is 0 Å². The van der Waals surface area contributed by atoms with E-state index in [1.54, 1.807) is 0 Å². The van der Waals surface area contributed by atoms with E-state index < -0.39 is 10.8 Å². The highest BCUT2D eigenvalue weighted by molar-refractivity contribution is 9.10. The van der Waals surface area contributed by atoms with Gasteiger partial charge in [-0.1, -0.05) is 35.0 Å². The van der Waals surface area contributed by atoms with Gasteiger partial charge in [-0.15, -0.1) is 0 Å². The molecule has 0 aliphatic carbocycles. The van der Waals surface area contributed by atoms with Crippen LogP contribution in [0.15, 0.2) is 28.7 Å². The van der Waals surface area contributed by atoms with Crippen LogP contribution in [0.25, 0.3) is 0 Å². The summed E-state index contributed by atoms with van der Waals surface area (Å²) in [5.74, 6) is 1.50. The van der Waals surface area contributed by atoms with Crippen LogP contribution in [0.4, 0.5) is 0 Å². The van der Waals surface area contributed by atoms with E-state index in [0.29, 0.717) is 6.04 Å². The zero-order valence-corrected chi connectivity index (χ0v) is 12.8. The highest BCUT2D eigenvalue weighted by Gasteiger charge is 2.03. The predicted molar refractivity (Wildman–Crippen MR) is 78.9 cm³/mol. The molecule has 0 aromatic heterocycles. The van der Waals surface area contributed by atoms with Crippen molar-refractivity contribution < 1.29 is 4.21 Å². The molecule has 0 saturated carbocycles. The van der Waals surface area contributed by atoms with E-state index in [1.165, 1.54) is 5.56 Å². The van der Waals surface area contributed by atoms with Crippen molar-refractivity contribution in [2.75, 3.05) is 18.1 Å². The molecule has 0 spiro atoms. The van der Waals surface area contributed by atoms with E-state index in [2.05, 4.69) is 52.4 Å². The Morgan fingerprint density at radius 3 is 2.59 bits per heavy atom. The van der Waals surface area contributed by atoms with Crippen molar-refractivity contribution in [1.82, 2.24) is 5.32 Å². The molecule has 0 fully saturated rings. The molecule has 2 nitrogen and oxygen atoms in total. The van der Waals surface area contributed by atoms with E-state index in [9.17, 15) is 4.21 Å². The van der Waals surface area contributed by atoms with Gasteiger partial charge in [0.1, 0.15) is 0 Å². The molecule has 1 aromatic rings. The average molecular weight is 318 g/mol. The summed E-state index contributed by atoms with van der Waals surface area (Å²) < 4.78 is 12.4. The van der Waals surface area contributed by atoms with Crippen LogP contribution in [-0.4, -0.2) is 28.3 Å². The fraction of sp³-hybridized carbons (Fsp3) is 0.538. The summed E-state index contributed by atoms with van der Waals surface area (Å²) in [6.45, 7) is 4.95. The molecule has 1 rings (SSSR count). The van der Waals surface area contributed by atoms with Gasteiger partial charge in [0.05, 0.1) is 0 Å². The highest BCUT2D eigenvalue weighted by atomic mass is 79.9.